The summed E-state index contributed by atoms with van der Waals surface area (Å²) in [6.45, 7) is 5.97. The molecule has 2 fully saturated rings. The predicted octanol–water partition coefficient (Wildman–Crippen LogP) is 3.02. The average Bonchev–Trinajstić information content (AvgIpc) is 2.50. The maximum Gasteiger partial charge on any atom is 0.119 e. The number of hydrogen-bond acceptors (Lipinski definition) is 3. The van der Waals surface area contributed by atoms with Gasteiger partial charge in [0.05, 0.1) is 7.11 Å². The van der Waals surface area contributed by atoms with Gasteiger partial charge in [0, 0.05) is 18.6 Å². The van der Waals surface area contributed by atoms with Gasteiger partial charge in [-0.25, -0.2) is 0 Å². The third-order valence-corrected chi connectivity index (χ3v) is 5.13. The molecule has 0 radical (unpaired) electrons. The van der Waals surface area contributed by atoms with E-state index in [4.69, 9.17) is 4.74 Å². The van der Waals surface area contributed by atoms with Crippen molar-refractivity contribution in [2.24, 2.45) is 0 Å². The molecule has 3 rings (SSSR count). The van der Waals surface area contributed by atoms with Crippen molar-refractivity contribution < 1.29 is 4.74 Å². The van der Waals surface area contributed by atoms with Crippen LogP contribution in [0.3, 0.4) is 0 Å². The quantitative estimate of drug-likeness (QED) is 0.901. The first kappa shape index (κ1) is 14.9. The van der Waals surface area contributed by atoms with Crippen LogP contribution in [-0.2, 0) is 0 Å². The highest BCUT2D eigenvalue weighted by Gasteiger charge is 2.32. The third-order valence-electron chi connectivity index (χ3n) is 5.13. The summed E-state index contributed by atoms with van der Waals surface area (Å²) >= 11 is 0. The van der Waals surface area contributed by atoms with Crippen molar-refractivity contribution in [3.8, 4) is 5.75 Å². The fourth-order valence-corrected chi connectivity index (χ4v) is 3.73. The van der Waals surface area contributed by atoms with Crippen molar-refractivity contribution in [3.05, 3.63) is 29.8 Å². The van der Waals surface area contributed by atoms with E-state index in [1.807, 2.05) is 6.07 Å². The summed E-state index contributed by atoms with van der Waals surface area (Å²) in [5.74, 6) is 1.69. The average molecular weight is 288 g/mol. The molecule has 3 heteroatoms. The number of piperidine rings is 1. The molecule has 0 bridgehead atoms. The minimum Gasteiger partial charge on any atom is -0.497 e. The summed E-state index contributed by atoms with van der Waals surface area (Å²) in [5.41, 5.74) is 1.44. The van der Waals surface area contributed by atoms with Crippen molar-refractivity contribution >= 4 is 0 Å². The SMILES string of the molecule is CCN1CCCC(NC2CC(c3cccc(OC)c3)C2)C1. The van der Waals surface area contributed by atoms with Gasteiger partial charge in [-0.1, -0.05) is 19.1 Å². The minimum absolute atomic E-state index is 0.704. The molecule has 1 saturated carbocycles. The van der Waals surface area contributed by atoms with E-state index < -0.39 is 0 Å². The number of methoxy groups -OCH3 is 1. The summed E-state index contributed by atoms with van der Waals surface area (Å²) < 4.78 is 5.32. The monoisotopic (exact) mass is 288 g/mol. The van der Waals surface area contributed by atoms with Crippen LogP contribution in [0, 0.1) is 0 Å². The Balaban J connectivity index is 1.47. The molecule has 1 atom stereocenters. The van der Waals surface area contributed by atoms with Gasteiger partial charge < -0.3 is 15.0 Å². The molecule has 1 aromatic rings. The Morgan fingerprint density at radius 1 is 1.29 bits per heavy atom. The van der Waals surface area contributed by atoms with Crippen molar-refractivity contribution in [2.45, 2.75) is 50.6 Å². The number of benzene rings is 1. The van der Waals surface area contributed by atoms with Crippen LogP contribution in [0.25, 0.3) is 0 Å². The number of nitrogens with one attached hydrogen (secondary N) is 1. The van der Waals surface area contributed by atoms with E-state index in [1.165, 1.54) is 50.9 Å². The molecule has 0 spiro atoms. The summed E-state index contributed by atoms with van der Waals surface area (Å²) in [6, 6.07) is 9.98. The van der Waals surface area contributed by atoms with E-state index in [9.17, 15) is 0 Å². The van der Waals surface area contributed by atoms with E-state index in [-0.39, 0.29) is 0 Å². The zero-order chi connectivity index (χ0) is 14.7. The van der Waals surface area contributed by atoms with Gasteiger partial charge >= 0.3 is 0 Å². The fourth-order valence-electron chi connectivity index (χ4n) is 3.73. The molecule has 0 aromatic heterocycles. The Bertz CT molecular complexity index is 456. The number of likely N-dealkylation sites (tertiary alicyclic amines) is 1. The summed E-state index contributed by atoms with van der Waals surface area (Å²) in [5, 5.41) is 3.88. The van der Waals surface area contributed by atoms with Crippen LogP contribution in [0.15, 0.2) is 24.3 Å². The molecular weight excluding hydrogens is 260 g/mol. The normalized spacial score (nSPS) is 29.9. The van der Waals surface area contributed by atoms with Crippen LogP contribution in [0.4, 0.5) is 0 Å². The number of rotatable bonds is 5. The summed E-state index contributed by atoms with van der Waals surface area (Å²) in [4.78, 5) is 2.57. The predicted molar refractivity (Wildman–Crippen MR) is 87.0 cm³/mol. The van der Waals surface area contributed by atoms with Crippen LogP contribution in [-0.4, -0.2) is 43.7 Å². The molecule has 0 amide bonds. The Morgan fingerprint density at radius 2 is 2.14 bits per heavy atom. The van der Waals surface area contributed by atoms with Crippen molar-refractivity contribution in [3.63, 3.8) is 0 Å². The van der Waals surface area contributed by atoms with E-state index in [0.717, 1.165) is 5.75 Å². The van der Waals surface area contributed by atoms with Gasteiger partial charge in [0.25, 0.3) is 0 Å². The van der Waals surface area contributed by atoms with Gasteiger partial charge in [0.15, 0.2) is 0 Å². The van der Waals surface area contributed by atoms with E-state index in [1.54, 1.807) is 7.11 Å². The van der Waals surface area contributed by atoms with Crippen LogP contribution >= 0.6 is 0 Å². The van der Waals surface area contributed by atoms with Gasteiger partial charge in [-0.3, -0.25) is 0 Å². The van der Waals surface area contributed by atoms with Gasteiger partial charge in [0.2, 0.25) is 0 Å². The molecule has 116 valence electrons. The smallest absolute Gasteiger partial charge is 0.119 e. The van der Waals surface area contributed by atoms with Gasteiger partial charge in [-0.2, -0.15) is 0 Å². The van der Waals surface area contributed by atoms with Crippen LogP contribution in [0.1, 0.15) is 44.1 Å². The molecule has 1 heterocycles. The van der Waals surface area contributed by atoms with Crippen LogP contribution < -0.4 is 10.1 Å². The van der Waals surface area contributed by atoms with Crippen molar-refractivity contribution in [2.75, 3.05) is 26.7 Å². The highest BCUT2D eigenvalue weighted by atomic mass is 16.5. The Labute approximate surface area is 128 Å². The summed E-state index contributed by atoms with van der Waals surface area (Å²) in [7, 11) is 1.74. The molecule has 1 aliphatic heterocycles. The topological polar surface area (TPSA) is 24.5 Å². The molecule has 1 saturated heterocycles. The molecule has 1 aliphatic carbocycles. The van der Waals surface area contributed by atoms with Gasteiger partial charge in [-0.05, 0) is 62.4 Å². The highest BCUT2D eigenvalue weighted by Crippen LogP contribution is 2.38. The Kier molecular flexibility index (Phi) is 4.81. The standard InChI is InChI=1S/C18H28N2O/c1-3-20-9-5-7-16(13-20)19-17-10-15(11-17)14-6-4-8-18(12-14)21-2/h4,6,8,12,15-17,19H,3,5,7,9-11,13H2,1-2H3. The minimum atomic E-state index is 0.704. The lowest BCUT2D eigenvalue weighted by molar-refractivity contribution is 0.167. The second-order valence-electron chi connectivity index (χ2n) is 6.54. The lowest BCUT2D eigenvalue weighted by Gasteiger charge is -2.41. The Hall–Kier alpha value is -1.06. The Morgan fingerprint density at radius 3 is 2.90 bits per heavy atom. The van der Waals surface area contributed by atoms with Crippen LogP contribution in [0.2, 0.25) is 0 Å². The van der Waals surface area contributed by atoms with Crippen LogP contribution in [0.5, 0.6) is 5.75 Å². The molecule has 3 nitrogen and oxygen atoms in total. The first-order valence-corrected chi connectivity index (χ1v) is 8.41. The zero-order valence-electron chi connectivity index (χ0n) is 13.3. The molecule has 1 aromatic carbocycles. The highest BCUT2D eigenvalue weighted by molar-refractivity contribution is 5.32. The third kappa shape index (κ3) is 3.58. The molecule has 2 aliphatic rings. The van der Waals surface area contributed by atoms with E-state index in [0.29, 0.717) is 18.0 Å². The first-order chi connectivity index (χ1) is 10.3. The lowest BCUT2D eigenvalue weighted by atomic mass is 9.75. The fraction of sp³-hybridized carbons (Fsp3) is 0.667. The second-order valence-corrected chi connectivity index (χ2v) is 6.54. The second kappa shape index (κ2) is 6.80. The van der Waals surface area contributed by atoms with Gasteiger partial charge in [0.1, 0.15) is 5.75 Å². The molecule has 1 N–H and O–H groups in total. The van der Waals surface area contributed by atoms with Crippen molar-refractivity contribution in [1.29, 1.82) is 0 Å². The maximum atomic E-state index is 5.32. The van der Waals surface area contributed by atoms with E-state index in [2.05, 4.69) is 35.3 Å². The van der Waals surface area contributed by atoms with E-state index >= 15 is 0 Å². The maximum absolute atomic E-state index is 5.32. The molecule has 21 heavy (non-hydrogen) atoms. The number of nitrogens with zero attached hydrogens (tertiary/aromatic N) is 1. The van der Waals surface area contributed by atoms with Crippen molar-refractivity contribution in [1.82, 2.24) is 10.2 Å². The zero-order valence-corrected chi connectivity index (χ0v) is 13.3. The van der Waals surface area contributed by atoms with Gasteiger partial charge in [-0.15, -0.1) is 0 Å². The number of hydrogen-bond donors (Lipinski definition) is 1. The largest absolute Gasteiger partial charge is 0.497 e. The molecular formula is C18H28N2O. The first-order valence-electron chi connectivity index (χ1n) is 8.41. The number of likely N-dealkylation sites (N-methyl/N-ethyl adjacent to an activating group) is 1. The number of ether oxygens (including phenoxy) is 1. The summed E-state index contributed by atoms with van der Waals surface area (Å²) in [6.07, 6.45) is 5.24. The molecule has 1 unspecified atom stereocenters. The lowest BCUT2D eigenvalue weighted by Crippen LogP contribution is -2.52.